The average Bonchev–Trinajstić information content (AvgIpc) is 3.53. The van der Waals surface area contributed by atoms with Gasteiger partial charge in [-0.25, -0.2) is 9.97 Å². The molecule has 1 fully saturated rings. The third-order valence-electron chi connectivity index (χ3n) is 5.48. The fourth-order valence-electron chi connectivity index (χ4n) is 3.68. The van der Waals surface area contributed by atoms with Crippen molar-refractivity contribution in [3.8, 4) is 17.5 Å². The van der Waals surface area contributed by atoms with Gasteiger partial charge >= 0.3 is 6.01 Å². The molecule has 5 rings (SSSR count). The van der Waals surface area contributed by atoms with Crippen LogP contribution in [0, 0.1) is 0 Å². The molecular weight excluding hydrogens is 452 g/mol. The van der Waals surface area contributed by atoms with Crippen molar-refractivity contribution in [1.82, 2.24) is 20.1 Å². The van der Waals surface area contributed by atoms with Gasteiger partial charge in [0.25, 0.3) is 0 Å². The van der Waals surface area contributed by atoms with Crippen LogP contribution in [0.3, 0.4) is 0 Å². The molecule has 0 atom stereocenters. The van der Waals surface area contributed by atoms with Gasteiger partial charge in [-0.3, -0.25) is 4.99 Å². The zero-order valence-corrected chi connectivity index (χ0v) is 19.9. The van der Waals surface area contributed by atoms with E-state index in [1.165, 1.54) is 6.33 Å². The molecule has 0 unspecified atom stereocenters. The summed E-state index contributed by atoms with van der Waals surface area (Å²) in [5.74, 6) is 3.40. The van der Waals surface area contributed by atoms with E-state index >= 15 is 0 Å². The molecule has 0 bridgehead atoms. The Bertz CT molecular complexity index is 1190. The highest BCUT2D eigenvalue weighted by Crippen LogP contribution is 2.27. The molecule has 176 valence electrons. The summed E-state index contributed by atoms with van der Waals surface area (Å²) in [6.07, 6.45) is 7.15. The Morgan fingerprint density at radius 2 is 2.00 bits per heavy atom. The molecule has 1 aromatic carbocycles. The van der Waals surface area contributed by atoms with E-state index in [1.807, 2.05) is 44.3 Å². The lowest BCUT2D eigenvalue weighted by Crippen LogP contribution is -2.38. The van der Waals surface area contributed by atoms with Gasteiger partial charge in [-0.1, -0.05) is 31.1 Å². The van der Waals surface area contributed by atoms with Crippen LogP contribution in [0.1, 0.15) is 44.0 Å². The van der Waals surface area contributed by atoms with Gasteiger partial charge in [-0.05, 0) is 23.8 Å². The van der Waals surface area contributed by atoms with E-state index in [2.05, 4.69) is 36.1 Å². The third-order valence-corrected chi connectivity index (χ3v) is 6.31. The highest BCUT2D eigenvalue weighted by molar-refractivity contribution is 8.04. The summed E-state index contributed by atoms with van der Waals surface area (Å²) in [5, 5.41) is 4.05. The van der Waals surface area contributed by atoms with Crippen molar-refractivity contribution >= 4 is 30.1 Å². The fourth-order valence-corrected chi connectivity index (χ4v) is 4.34. The number of ether oxygens (including phenoxy) is 2. The molecule has 0 spiro atoms. The quantitative estimate of drug-likeness (QED) is 0.467. The van der Waals surface area contributed by atoms with Crippen LogP contribution in [-0.2, 0) is 0 Å². The normalized spacial score (nSPS) is 17.6. The standard InChI is InChI=1S/C24H26N6O3S/c1-16(2)23-28-24(33-29-23)30-8-6-18(7-9-30)31-21-12-22(27-14-26-21)32-19-5-3-4-17(10-19)11-20-13-25-15-34-20/h3-5,10-14,16,18H,6-9,15H2,1-2H3/b20-11-. The van der Waals surface area contributed by atoms with Gasteiger partial charge in [-0.2, -0.15) is 4.98 Å². The molecule has 2 aliphatic rings. The van der Waals surface area contributed by atoms with Gasteiger partial charge in [0.15, 0.2) is 5.82 Å². The molecule has 0 N–H and O–H groups in total. The van der Waals surface area contributed by atoms with Crippen molar-refractivity contribution < 1.29 is 14.0 Å². The van der Waals surface area contributed by atoms with Gasteiger partial charge < -0.3 is 18.9 Å². The second kappa shape index (κ2) is 10.3. The summed E-state index contributed by atoms with van der Waals surface area (Å²) in [4.78, 5) is 20.5. The van der Waals surface area contributed by atoms with Crippen molar-refractivity contribution in [2.75, 3.05) is 23.9 Å². The molecule has 3 aromatic rings. The molecule has 4 heterocycles. The Hall–Kier alpha value is -3.40. The van der Waals surface area contributed by atoms with Gasteiger partial charge in [0, 0.05) is 43.0 Å². The van der Waals surface area contributed by atoms with E-state index in [1.54, 1.807) is 17.8 Å². The van der Waals surface area contributed by atoms with Crippen LogP contribution >= 0.6 is 11.8 Å². The Balaban J connectivity index is 1.17. The first-order valence-corrected chi connectivity index (χ1v) is 12.3. The summed E-state index contributed by atoms with van der Waals surface area (Å²) in [7, 11) is 0. The summed E-state index contributed by atoms with van der Waals surface area (Å²) in [6, 6.07) is 10.2. The van der Waals surface area contributed by atoms with Gasteiger partial charge in [0.05, 0.1) is 11.9 Å². The minimum Gasteiger partial charge on any atom is -0.474 e. The van der Waals surface area contributed by atoms with Crippen LogP contribution < -0.4 is 14.4 Å². The lowest BCUT2D eigenvalue weighted by atomic mass is 10.1. The van der Waals surface area contributed by atoms with Crippen LogP contribution in [0.2, 0.25) is 0 Å². The van der Waals surface area contributed by atoms with E-state index in [4.69, 9.17) is 14.0 Å². The number of anilines is 1. The number of benzene rings is 1. The van der Waals surface area contributed by atoms with E-state index < -0.39 is 0 Å². The minimum absolute atomic E-state index is 0.0482. The third kappa shape index (κ3) is 5.56. The van der Waals surface area contributed by atoms with E-state index in [0.717, 1.165) is 48.1 Å². The Labute approximate surface area is 202 Å². The number of piperidine rings is 1. The van der Waals surface area contributed by atoms with Crippen LogP contribution in [0.5, 0.6) is 17.5 Å². The molecule has 0 radical (unpaired) electrons. The average molecular weight is 479 g/mol. The maximum absolute atomic E-state index is 6.12. The molecular formula is C24H26N6O3S. The van der Waals surface area contributed by atoms with Gasteiger partial charge in [-0.15, -0.1) is 11.8 Å². The summed E-state index contributed by atoms with van der Waals surface area (Å²) < 4.78 is 17.5. The Kier molecular flexibility index (Phi) is 6.75. The number of allylic oxidation sites excluding steroid dienone is 1. The van der Waals surface area contributed by atoms with Crippen molar-refractivity contribution in [1.29, 1.82) is 0 Å². The summed E-state index contributed by atoms with van der Waals surface area (Å²) >= 11 is 1.71. The number of thioether (sulfide) groups is 1. The van der Waals surface area contributed by atoms with Crippen LogP contribution in [0.25, 0.3) is 6.08 Å². The fraction of sp³-hybridized carbons (Fsp3) is 0.375. The molecule has 0 aliphatic carbocycles. The number of nitrogens with zero attached hydrogens (tertiary/aromatic N) is 6. The zero-order chi connectivity index (χ0) is 23.3. The molecule has 1 saturated heterocycles. The van der Waals surface area contributed by atoms with Crippen LogP contribution in [0.4, 0.5) is 6.01 Å². The second-order valence-corrected chi connectivity index (χ2v) is 9.41. The number of aliphatic imine (C=N–C) groups is 1. The molecule has 34 heavy (non-hydrogen) atoms. The highest BCUT2D eigenvalue weighted by Gasteiger charge is 2.25. The van der Waals surface area contributed by atoms with Crippen molar-refractivity contribution in [2.45, 2.75) is 38.7 Å². The Morgan fingerprint density at radius 1 is 1.15 bits per heavy atom. The highest BCUT2D eigenvalue weighted by atomic mass is 32.2. The van der Waals surface area contributed by atoms with Crippen molar-refractivity contribution in [2.24, 2.45) is 4.99 Å². The largest absolute Gasteiger partial charge is 0.474 e. The summed E-state index contributed by atoms with van der Waals surface area (Å²) in [6.45, 7) is 5.66. The monoisotopic (exact) mass is 478 g/mol. The van der Waals surface area contributed by atoms with Gasteiger partial charge in [0.2, 0.25) is 11.8 Å². The van der Waals surface area contributed by atoms with Crippen molar-refractivity contribution in [3.05, 3.63) is 53.0 Å². The predicted molar refractivity (Wildman–Crippen MR) is 132 cm³/mol. The van der Waals surface area contributed by atoms with E-state index in [0.29, 0.717) is 23.5 Å². The first-order chi connectivity index (χ1) is 16.6. The first kappa shape index (κ1) is 22.4. The first-order valence-electron chi connectivity index (χ1n) is 11.3. The Morgan fingerprint density at radius 3 is 2.76 bits per heavy atom. The number of hydrogen-bond acceptors (Lipinski definition) is 10. The second-order valence-electron chi connectivity index (χ2n) is 8.39. The van der Waals surface area contributed by atoms with Gasteiger partial charge in [0.1, 0.15) is 18.2 Å². The number of rotatable bonds is 7. The molecule has 2 aliphatic heterocycles. The molecule has 10 heteroatoms. The molecule has 0 amide bonds. The number of aromatic nitrogens is 4. The SMILES string of the molecule is CC(C)c1noc(N2CCC(Oc3cc(Oc4cccc(/C=C5/C=NCS5)c4)ncn3)CC2)n1. The van der Waals surface area contributed by atoms with E-state index in [-0.39, 0.29) is 12.0 Å². The zero-order valence-electron chi connectivity index (χ0n) is 19.1. The van der Waals surface area contributed by atoms with Crippen LogP contribution in [0.15, 0.2) is 51.1 Å². The van der Waals surface area contributed by atoms with Crippen LogP contribution in [-0.4, -0.2) is 51.4 Å². The minimum atomic E-state index is 0.0482. The lowest BCUT2D eigenvalue weighted by molar-refractivity contribution is 0.161. The molecule has 9 nitrogen and oxygen atoms in total. The maximum Gasteiger partial charge on any atom is 0.324 e. The predicted octanol–water partition coefficient (Wildman–Crippen LogP) is 4.94. The topological polar surface area (TPSA) is 98.8 Å². The number of hydrogen-bond donors (Lipinski definition) is 0. The molecule has 0 saturated carbocycles. The summed E-state index contributed by atoms with van der Waals surface area (Å²) in [5.41, 5.74) is 1.05. The van der Waals surface area contributed by atoms with E-state index in [9.17, 15) is 0 Å². The van der Waals surface area contributed by atoms with Crippen molar-refractivity contribution in [3.63, 3.8) is 0 Å². The molecule has 2 aromatic heterocycles. The maximum atomic E-state index is 6.12. The smallest absolute Gasteiger partial charge is 0.324 e. The lowest BCUT2D eigenvalue weighted by Gasteiger charge is -2.30.